The molecule has 0 radical (unpaired) electrons. The Bertz CT molecular complexity index is 470. The van der Waals surface area contributed by atoms with E-state index >= 15 is 0 Å². The molecular weight excluding hydrogens is 276 g/mol. The molecule has 1 aromatic carbocycles. The van der Waals surface area contributed by atoms with Gasteiger partial charge in [0.05, 0.1) is 6.61 Å². The average Bonchev–Trinajstić information content (AvgIpc) is 2.26. The molecular formula is C10H10F4O3S. The summed E-state index contributed by atoms with van der Waals surface area (Å²) in [5.41, 5.74) is -4.99. The quantitative estimate of drug-likeness (QED) is 0.474. The third-order valence-corrected chi connectivity index (χ3v) is 3.00. The first-order chi connectivity index (χ1) is 8.22. The van der Waals surface area contributed by atoms with Crippen molar-refractivity contribution < 1.29 is 30.2 Å². The van der Waals surface area contributed by atoms with E-state index in [-0.39, 0.29) is 6.42 Å². The lowest BCUT2D eigenvalue weighted by molar-refractivity contribution is -0.0552. The summed E-state index contributed by atoms with van der Waals surface area (Å²) in [4.78, 5) is 0. The molecule has 0 aliphatic rings. The van der Waals surface area contributed by atoms with Gasteiger partial charge in [-0.2, -0.15) is 21.6 Å². The van der Waals surface area contributed by atoms with E-state index in [9.17, 15) is 26.0 Å². The van der Waals surface area contributed by atoms with Crippen LogP contribution in [0.1, 0.15) is 5.56 Å². The number of halogens is 4. The van der Waals surface area contributed by atoms with Crippen LogP contribution in [0.25, 0.3) is 0 Å². The fourth-order valence-corrected chi connectivity index (χ4v) is 1.62. The monoisotopic (exact) mass is 286 g/mol. The topological polar surface area (TPSA) is 43.4 Å². The van der Waals surface area contributed by atoms with E-state index in [4.69, 9.17) is 0 Å². The molecule has 102 valence electrons. The zero-order valence-corrected chi connectivity index (χ0v) is 9.84. The Kier molecular flexibility index (Phi) is 4.69. The van der Waals surface area contributed by atoms with Crippen molar-refractivity contribution in [3.8, 4) is 0 Å². The van der Waals surface area contributed by atoms with Gasteiger partial charge in [0.15, 0.2) is 0 Å². The molecule has 0 spiro atoms. The van der Waals surface area contributed by atoms with Crippen LogP contribution < -0.4 is 0 Å². The first-order valence-electron chi connectivity index (χ1n) is 4.86. The lowest BCUT2D eigenvalue weighted by Crippen LogP contribution is -2.28. The second-order valence-electron chi connectivity index (χ2n) is 3.47. The predicted octanol–water partition coefficient (Wildman–Crippen LogP) is 2.43. The highest BCUT2D eigenvalue weighted by atomic mass is 32.2. The highest BCUT2D eigenvalue weighted by molar-refractivity contribution is 7.87. The van der Waals surface area contributed by atoms with Crippen molar-refractivity contribution in [3.63, 3.8) is 0 Å². The number of rotatable bonds is 5. The smallest absolute Gasteiger partial charge is 0.260 e. The minimum Gasteiger partial charge on any atom is -0.260 e. The van der Waals surface area contributed by atoms with E-state index in [1.807, 2.05) is 0 Å². The summed E-state index contributed by atoms with van der Waals surface area (Å²) in [5.74, 6) is 0. The molecule has 0 bridgehead atoms. The van der Waals surface area contributed by atoms with Gasteiger partial charge in [0.1, 0.15) is 6.17 Å². The maximum absolute atomic E-state index is 13.3. The van der Waals surface area contributed by atoms with Gasteiger partial charge in [0, 0.05) is 6.42 Å². The summed E-state index contributed by atoms with van der Waals surface area (Å²) < 4.78 is 73.5. The number of benzene rings is 1. The van der Waals surface area contributed by atoms with Gasteiger partial charge >= 0.3 is 15.6 Å². The molecule has 0 saturated carbocycles. The SMILES string of the molecule is O=S(=O)(OC[C@H](F)Cc1ccccc1)C(F)(F)F. The normalized spacial score (nSPS) is 14.4. The second kappa shape index (κ2) is 5.66. The molecule has 0 fully saturated rings. The highest BCUT2D eigenvalue weighted by Crippen LogP contribution is 2.25. The molecule has 1 rings (SSSR count). The molecule has 1 aromatic rings. The van der Waals surface area contributed by atoms with Crippen LogP contribution in [0, 0.1) is 0 Å². The van der Waals surface area contributed by atoms with Crippen molar-refractivity contribution in [2.24, 2.45) is 0 Å². The van der Waals surface area contributed by atoms with E-state index < -0.39 is 28.4 Å². The molecule has 0 aliphatic heterocycles. The summed E-state index contributed by atoms with van der Waals surface area (Å²) in [7, 11) is -5.73. The van der Waals surface area contributed by atoms with E-state index in [1.165, 1.54) is 0 Å². The first-order valence-corrected chi connectivity index (χ1v) is 6.27. The number of hydrogen-bond acceptors (Lipinski definition) is 3. The highest BCUT2D eigenvalue weighted by Gasteiger charge is 2.47. The van der Waals surface area contributed by atoms with Gasteiger partial charge in [-0.1, -0.05) is 30.3 Å². The summed E-state index contributed by atoms with van der Waals surface area (Å²) in [5, 5.41) is 0. The van der Waals surface area contributed by atoms with Crippen LogP contribution in [-0.2, 0) is 20.7 Å². The van der Waals surface area contributed by atoms with E-state index in [2.05, 4.69) is 4.18 Å². The van der Waals surface area contributed by atoms with E-state index in [1.54, 1.807) is 30.3 Å². The fraction of sp³-hybridized carbons (Fsp3) is 0.400. The molecule has 8 heteroatoms. The van der Waals surface area contributed by atoms with Crippen LogP contribution in [0.4, 0.5) is 17.6 Å². The summed E-state index contributed by atoms with van der Waals surface area (Å²) in [6, 6.07) is 8.11. The predicted molar refractivity (Wildman–Crippen MR) is 56.0 cm³/mol. The Balaban J connectivity index is 2.50. The maximum atomic E-state index is 13.3. The van der Waals surface area contributed by atoms with E-state index in [0.717, 1.165) is 0 Å². The minimum atomic E-state index is -5.73. The largest absolute Gasteiger partial charge is 0.523 e. The van der Waals surface area contributed by atoms with Gasteiger partial charge in [0.2, 0.25) is 0 Å². The van der Waals surface area contributed by atoms with Gasteiger partial charge in [0.25, 0.3) is 0 Å². The maximum Gasteiger partial charge on any atom is 0.523 e. The molecule has 18 heavy (non-hydrogen) atoms. The third-order valence-electron chi connectivity index (χ3n) is 1.99. The molecule has 0 aliphatic carbocycles. The molecule has 0 amide bonds. The molecule has 0 aromatic heterocycles. The number of hydrogen-bond donors (Lipinski definition) is 0. The molecule has 0 unspecified atom stereocenters. The molecule has 0 saturated heterocycles. The number of alkyl halides is 4. The van der Waals surface area contributed by atoms with Crippen LogP contribution in [0.2, 0.25) is 0 Å². The van der Waals surface area contributed by atoms with Crippen LogP contribution in [0.3, 0.4) is 0 Å². The van der Waals surface area contributed by atoms with Crippen LogP contribution in [0.15, 0.2) is 30.3 Å². The Morgan fingerprint density at radius 3 is 2.22 bits per heavy atom. The molecule has 1 atom stereocenters. The van der Waals surface area contributed by atoms with Gasteiger partial charge < -0.3 is 0 Å². The van der Waals surface area contributed by atoms with Crippen molar-refractivity contribution >= 4 is 10.1 Å². The standard InChI is InChI=1S/C10H10F4O3S/c11-9(6-8-4-2-1-3-5-8)7-17-18(15,16)10(12,13)14/h1-5,9H,6-7H2/t9-/m1/s1. The Labute approximate surface area is 102 Å². The van der Waals surface area contributed by atoms with Crippen LogP contribution in [-0.4, -0.2) is 26.7 Å². The Hall–Kier alpha value is -1.15. The lowest BCUT2D eigenvalue weighted by Gasteiger charge is -2.11. The second-order valence-corrected chi connectivity index (χ2v) is 5.08. The Morgan fingerprint density at radius 2 is 1.72 bits per heavy atom. The van der Waals surface area contributed by atoms with Crippen molar-refractivity contribution in [2.45, 2.75) is 18.1 Å². The lowest BCUT2D eigenvalue weighted by atomic mass is 10.1. The van der Waals surface area contributed by atoms with Crippen LogP contribution in [0.5, 0.6) is 0 Å². The Morgan fingerprint density at radius 1 is 1.17 bits per heavy atom. The van der Waals surface area contributed by atoms with Crippen molar-refractivity contribution in [1.82, 2.24) is 0 Å². The summed E-state index contributed by atoms with van der Waals surface area (Å²) >= 11 is 0. The van der Waals surface area contributed by atoms with Crippen molar-refractivity contribution in [1.29, 1.82) is 0 Å². The summed E-state index contributed by atoms with van der Waals surface area (Å²) in [6.07, 6.45) is -2.04. The zero-order valence-electron chi connectivity index (χ0n) is 9.02. The summed E-state index contributed by atoms with van der Waals surface area (Å²) in [6.45, 7) is -1.16. The molecule has 0 heterocycles. The van der Waals surface area contributed by atoms with Gasteiger partial charge in [-0.15, -0.1) is 0 Å². The van der Waals surface area contributed by atoms with Crippen LogP contribution >= 0.6 is 0 Å². The van der Waals surface area contributed by atoms with Gasteiger partial charge in [-0.3, -0.25) is 4.18 Å². The van der Waals surface area contributed by atoms with Crippen molar-refractivity contribution in [2.75, 3.05) is 6.61 Å². The molecule has 0 N–H and O–H groups in total. The van der Waals surface area contributed by atoms with Gasteiger partial charge in [-0.05, 0) is 5.56 Å². The van der Waals surface area contributed by atoms with E-state index in [0.29, 0.717) is 5.56 Å². The first kappa shape index (κ1) is 14.9. The minimum absolute atomic E-state index is 0.214. The van der Waals surface area contributed by atoms with Gasteiger partial charge in [-0.25, -0.2) is 4.39 Å². The van der Waals surface area contributed by atoms with Crippen molar-refractivity contribution in [3.05, 3.63) is 35.9 Å². The average molecular weight is 286 g/mol. The fourth-order valence-electron chi connectivity index (χ4n) is 1.16. The third kappa shape index (κ3) is 4.26. The molecule has 3 nitrogen and oxygen atoms in total. The zero-order chi connectivity index (χ0) is 13.8.